The number of anilines is 1. The van der Waals surface area contributed by atoms with Gasteiger partial charge in [0.15, 0.2) is 10.8 Å². The highest BCUT2D eigenvalue weighted by molar-refractivity contribution is 7.17. The number of fused-ring (bicyclic) bond motifs is 3. The number of thiazole rings is 1. The van der Waals surface area contributed by atoms with E-state index in [0.717, 1.165) is 72.8 Å². The number of Topliss-reactive ketones (excluding diaryl/α,β-unsaturated/α-hetero) is 1. The van der Waals surface area contributed by atoms with Gasteiger partial charge in [-0.1, -0.05) is 30.3 Å². The van der Waals surface area contributed by atoms with Crippen LogP contribution in [0.4, 0.5) is 14.5 Å². The second kappa shape index (κ2) is 10.1. The molecule has 0 bridgehead atoms. The average Bonchev–Trinajstić information content (AvgIpc) is 3.28. The van der Waals surface area contributed by atoms with Gasteiger partial charge in [0.25, 0.3) is 0 Å². The predicted octanol–water partition coefficient (Wildman–Crippen LogP) is 6.51. The maximum atomic E-state index is 14.1. The van der Waals surface area contributed by atoms with Crippen LogP contribution in [0.15, 0.2) is 60.7 Å². The van der Waals surface area contributed by atoms with Crippen LogP contribution in [0.5, 0.6) is 0 Å². The van der Waals surface area contributed by atoms with Gasteiger partial charge in [-0.3, -0.25) is 4.79 Å². The van der Waals surface area contributed by atoms with Crippen molar-refractivity contribution in [2.45, 2.75) is 25.7 Å². The molecule has 6 rings (SSSR count). The molecular weight excluding hydrogens is 490 g/mol. The molecule has 1 saturated heterocycles. The monoisotopic (exact) mass is 516 g/mol. The van der Waals surface area contributed by atoms with E-state index in [-0.39, 0.29) is 17.8 Å². The number of benzene rings is 3. The Hall–Kier alpha value is -3.42. The fourth-order valence-corrected chi connectivity index (χ4v) is 6.21. The summed E-state index contributed by atoms with van der Waals surface area (Å²) in [7, 11) is 0. The lowest BCUT2D eigenvalue weighted by Gasteiger charge is -2.29. The average molecular weight is 517 g/mol. The van der Waals surface area contributed by atoms with Crippen molar-refractivity contribution in [1.82, 2.24) is 4.98 Å². The molecule has 1 aliphatic carbocycles. The number of halogens is 2. The van der Waals surface area contributed by atoms with Crippen molar-refractivity contribution in [2.24, 2.45) is 0 Å². The van der Waals surface area contributed by atoms with Crippen LogP contribution in [0.2, 0.25) is 0 Å². The Balaban J connectivity index is 1.30. The third-order valence-electron chi connectivity index (χ3n) is 7.13. The molecule has 1 aromatic heterocycles. The van der Waals surface area contributed by atoms with Gasteiger partial charge < -0.3 is 9.64 Å². The molecule has 188 valence electrons. The van der Waals surface area contributed by atoms with Crippen LogP contribution in [0, 0.1) is 11.6 Å². The van der Waals surface area contributed by atoms with Crippen molar-refractivity contribution in [3.8, 4) is 21.6 Å². The normalized spacial score (nSPS) is 15.1. The number of rotatable bonds is 5. The van der Waals surface area contributed by atoms with Gasteiger partial charge in [-0.25, -0.2) is 13.8 Å². The van der Waals surface area contributed by atoms with Crippen LogP contribution in [-0.2, 0) is 24.0 Å². The molecule has 0 unspecified atom stereocenters. The molecule has 7 heteroatoms. The minimum atomic E-state index is -0.707. The molecule has 4 nitrogen and oxygen atoms in total. The fraction of sp³-hybridized carbons (Fsp3) is 0.267. The largest absolute Gasteiger partial charge is 0.378 e. The van der Waals surface area contributed by atoms with Gasteiger partial charge in [0.1, 0.15) is 11.6 Å². The number of hydrogen-bond donors (Lipinski definition) is 0. The molecule has 2 heterocycles. The SMILES string of the molecule is O=C(Cc1c(F)cccc1F)c1nc2c(s1)-c1cc(-c3ccc(N4CCOCC4)cc3)ccc1CCC2. The van der Waals surface area contributed by atoms with Gasteiger partial charge in [-0.15, -0.1) is 11.3 Å². The van der Waals surface area contributed by atoms with Gasteiger partial charge in [0.2, 0.25) is 0 Å². The summed E-state index contributed by atoms with van der Waals surface area (Å²) >= 11 is 1.33. The minimum Gasteiger partial charge on any atom is -0.378 e. The highest BCUT2D eigenvalue weighted by Gasteiger charge is 2.24. The second-order valence-corrected chi connectivity index (χ2v) is 10.5. The molecule has 0 amide bonds. The molecule has 1 fully saturated rings. The molecule has 0 atom stereocenters. The van der Waals surface area contributed by atoms with E-state index in [1.807, 2.05) is 0 Å². The number of aryl methyl sites for hydroxylation is 2. The van der Waals surface area contributed by atoms with Gasteiger partial charge in [0, 0.05) is 30.8 Å². The summed E-state index contributed by atoms with van der Waals surface area (Å²) in [6.45, 7) is 3.31. The lowest BCUT2D eigenvalue weighted by Crippen LogP contribution is -2.36. The van der Waals surface area contributed by atoms with Gasteiger partial charge in [-0.05, 0) is 71.8 Å². The van der Waals surface area contributed by atoms with Gasteiger partial charge in [0.05, 0.1) is 23.8 Å². The molecule has 37 heavy (non-hydrogen) atoms. The summed E-state index contributed by atoms with van der Waals surface area (Å²) in [6, 6.07) is 18.8. The Kier molecular flexibility index (Phi) is 6.57. The molecule has 0 radical (unpaired) electrons. The van der Waals surface area contributed by atoms with E-state index < -0.39 is 11.6 Å². The third-order valence-corrected chi connectivity index (χ3v) is 8.30. The van der Waals surface area contributed by atoms with Crippen LogP contribution >= 0.6 is 11.3 Å². The standard InChI is InChI=1S/C30H26F2N2O2S/c31-25-4-2-5-26(32)24(25)18-28(35)30-33-27-6-1-3-20-7-8-21(17-23(20)29(27)37-30)19-9-11-22(12-10-19)34-13-15-36-16-14-34/h2,4-5,7-12,17H,1,3,6,13-16,18H2. The first-order chi connectivity index (χ1) is 18.1. The number of carbonyl (C=O) groups excluding carboxylic acids is 1. The number of nitrogens with zero attached hydrogens (tertiary/aromatic N) is 2. The van der Waals surface area contributed by atoms with Crippen molar-refractivity contribution in [1.29, 1.82) is 0 Å². The second-order valence-electron chi connectivity index (χ2n) is 9.47. The van der Waals surface area contributed by atoms with E-state index in [4.69, 9.17) is 4.74 Å². The van der Waals surface area contributed by atoms with Crippen LogP contribution in [0.25, 0.3) is 21.6 Å². The summed E-state index contributed by atoms with van der Waals surface area (Å²) in [4.78, 5) is 20.9. The van der Waals surface area contributed by atoms with Gasteiger partial charge >= 0.3 is 0 Å². The predicted molar refractivity (Wildman–Crippen MR) is 142 cm³/mol. The Morgan fingerprint density at radius 2 is 1.68 bits per heavy atom. The first kappa shape index (κ1) is 23.9. The van der Waals surface area contributed by atoms with E-state index >= 15 is 0 Å². The van der Waals surface area contributed by atoms with E-state index in [1.165, 1.54) is 40.8 Å². The smallest absolute Gasteiger partial charge is 0.195 e. The van der Waals surface area contributed by atoms with E-state index in [0.29, 0.717) is 5.01 Å². The topological polar surface area (TPSA) is 42.4 Å². The first-order valence-electron chi connectivity index (χ1n) is 12.6. The van der Waals surface area contributed by atoms with Crippen LogP contribution < -0.4 is 4.90 Å². The number of ether oxygens (including phenoxy) is 1. The molecule has 0 saturated carbocycles. The Morgan fingerprint density at radius 1 is 0.946 bits per heavy atom. The van der Waals surface area contributed by atoms with Crippen molar-refractivity contribution in [3.05, 3.63) is 94.1 Å². The van der Waals surface area contributed by atoms with Crippen molar-refractivity contribution >= 4 is 22.8 Å². The Labute approximate surface area is 218 Å². The molecule has 1 aliphatic heterocycles. The number of morpholine rings is 1. The first-order valence-corrected chi connectivity index (χ1v) is 13.4. The van der Waals surface area contributed by atoms with Gasteiger partial charge in [-0.2, -0.15) is 0 Å². The fourth-order valence-electron chi connectivity index (χ4n) is 5.11. The number of carbonyl (C=O) groups is 1. The molecular formula is C30H26F2N2O2S. The lowest BCUT2D eigenvalue weighted by atomic mass is 9.97. The third kappa shape index (κ3) is 4.81. The minimum absolute atomic E-state index is 0.207. The van der Waals surface area contributed by atoms with Crippen molar-refractivity contribution < 1.29 is 18.3 Å². The van der Waals surface area contributed by atoms with E-state index in [9.17, 15) is 13.6 Å². The Bertz CT molecular complexity index is 1440. The summed E-state index contributed by atoms with van der Waals surface area (Å²) in [5.41, 5.74) is 6.44. The maximum Gasteiger partial charge on any atom is 0.195 e. The Morgan fingerprint density at radius 3 is 2.43 bits per heavy atom. The molecule has 4 aromatic rings. The number of aromatic nitrogens is 1. The highest BCUT2D eigenvalue weighted by atomic mass is 32.1. The summed E-state index contributed by atoms with van der Waals surface area (Å²) in [5.74, 6) is -1.78. The van der Waals surface area contributed by atoms with Crippen molar-refractivity contribution in [3.63, 3.8) is 0 Å². The molecule has 0 spiro atoms. The van der Waals surface area contributed by atoms with Crippen LogP contribution in [-0.4, -0.2) is 37.1 Å². The molecule has 3 aromatic carbocycles. The highest BCUT2D eigenvalue weighted by Crippen LogP contribution is 2.39. The summed E-state index contributed by atoms with van der Waals surface area (Å²) < 4.78 is 33.7. The summed E-state index contributed by atoms with van der Waals surface area (Å²) in [5, 5.41) is 0.306. The summed E-state index contributed by atoms with van der Waals surface area (Å²) in [6.07, 6.45) is 2.31. The quantitative estimate of drug-likeness (QED) is 0.284. The van der Waals surface area contributed by atoms with Crippen LogP contribution in [0.3, 0.4) is 0 Å². The van der Waals surface area contributed by atoms with E-state index in [2.05, 4.69) is 52.3 Å². The zero-order valence-electron chi connectivity index (χ0n) is 20.3. The maximum absolute atomic E-state index is 14.1. The number of hydrogen-bond acceptors (Lipinski definition) is 5. The van der Waals surface area contributed by atoms with Crippen molar-refractivity contribution in [2.75, 3.05) is 31.2 Å². The molecule has 2 aliphatic rings. The number of ketones is 1. The van der Waals surface area contributed by atoms with Crippen LogP contribution in [0.1, 0.15) is 33.0 Å². The molecule has 0 N–H and O–H groups in total. The zero-order chi connectivity index (χ0) is 25.4. The van der Waals surface area contributed by atoms with E-state index in [1.54, 1.807) is 0 Å². The lowest BCUT2D eigenvalue weighted by molar-refractivity contribution is 0.0990. The zero-order valence-corrected chi connectivity index (χ0v) is 21.1.